The molecule has 0 saturated heterocycles. The zero-order valence-corrected chi connectivity index (χ0v) is 8.72. The second kappa shape index (κ2) is 15.6. The maximum Gasteiger partial charge on any atom is 0.302 e. The van der Waals surface area contributed by atoms with Gasteiger partial charge in [0.15, 0.2) is 0 Å². The summed E-state index contributed by atoms with van der Waals surface area (Å²) in [6.45, 7) is 7.15. The molecule has 0 aliphatic rings. The predicted octanol–water partition coefficient (Wildman–Crippen LogP) is 0.707. The summed E-state index contributed by atoms with van der Waals surface area (Å²) in [5, 5.41) is 6.50. The molecule has 0 saturated carbocycles. The quantitative estimate of drug-likeness (QED) is 0.441. The second-order valence-electron chi connectivity index (χ2n) is 0.925. The summed E-state index contributed by atoms with van der Waals surface area (Å²) in [6.07, 6.45) is 0. The molecule has 0 bridgehead atoms. The molecule has 0 radical (unpaired) electrons. The molecule has 0 rings (SSSR count). The van der Waals surface area contributed by atoms with Crippen molar-refractivity contribution in [1.29, 1.82) is 5.26 Å². The Labute approximate surface area is 67.8 Å². The SMILES string of the molecule is C#N.CCOC(C)=O.[Zn]. The van der Waals surface area contributed by atoms with Crippen LogP contribution in [-0.4, -0.2) is 12.6 Å². The molecule has 0 N–H and O–H groups in total. The number of ether oxygens (including phenoxy) is 1. The van der Waals surface area contributed by atoms with E-state index in [0.717, 1.165) is 0 Å². The van der Waals surface area contributed by atoms with Crippen LogP contribution in [0.2, 0.25) is 0 Å². The van der Waals surface area contributed by atoms with E-state index in [1.807, 2.05) is 0 Å². The van der Waals surface area contributed by atoms with Crippen molar-refractivity contribution in [2.75, 3.05) is 6.61 Å². The number of carbonyl (C=O) groups is 1. The summed E-state index contributed by atoms with van der Waals surface area (Å²) in [7, 11) is 0. The molecule has 3 nitrogen and oxygen atoms in total. The first kappa shape index (κ1) is 15.8. The number of hydrogen-bond donors (Lipinski definition) is 0. The second-order valence-corrected chi connectivity index (χ2v) is 0.925. The topological polar surface area (TPSA) is 50.1 Å². The fraction of sp³-hybridized carbons (Fsp3) is 0.600. The summed E-state index contributed by atoms with van der Waals surface area (Å²) >= 11 is 0. The Morgan fingerprint density at radius 1 is 1.67 bits per heavy atom. The Bertz CT molecular complexity index is 82.3. The van der Waals surface area contributed by atoms with E-state index in [4.69, 9.17) is 5.26 Å². The van der Waals surface area contributed by atoms with Gasteiger partial charge in [0.1, 0.15) is 0 Å². The zero-order chi connectivity index (χ0) is 6.99. The van der Waals surface area contributed by atoms with Crippen molar-refractivity contribution < 1.29 is 29.0 Å². The molecule has 0 aliphatic carbocycles. The first-order chi connectivity index (χ1) is 3.77. The van der Waals surface area contributed by atoms with E-state index >= 15 is 0 Å². The summed E-state index contributed by atoms with van der Waals surface area (Å²) in [6, 6.07) is 0. The molecule has 0 aromatic rings. The maximum atomic E-state index is 9.82. The molecule has 4 heteroatoms. The summed E-state index contributed by atoms with van der Waals surface area (Å²) in [4.78, 5) is 9.82. The van der Waals surface area contributed by atoms with Gasteiger partial charge in [-0.2, -0.15) is 0 Å². The van der Waals surface area contributed by atoms with Crippen molar-refractivity contribution in [3.8, 4) is 6.57 Å². The molecule has 0 amide bonds. The average molecular weight is 181 g/mol. The summed E-state index contributed by atoms with van der Waals surface area (Å²) in [5.74, 6) is -0.211. The Hall–Kier alpha value is -0.417. The van der Waals surface area contributed by atoms with Crippen LogP contribution < -0.4 is 0 Å². The van der Waals surface area contributed by atoms with E-state index < -0.39 is 0 Å². The van der Waals surface area contributed by atoms with Crippen molar-refractivity contribution in [1.82, 2.24) is 0 Å². The van der Waals surface area contributed by atoms with Gasteiger partial charge < -0.3 is 4.74 Å². The molecule has 0 unspecified atom stereocenters. The fourth-order valence-electron chi connectivity index (χ4n) is 0.203. The Morgan fingerprint density at radius 2 is 2.00 bits per heavy atom. The van der Waals surface area contributed by atoms with Crippen molar-refractivity contribution in [3.63, 3.8) is 0 Å². The zero-order valence-electron chi connectivity index (χ0n) is 5.76. The Kier molecular flexibility index (Phi) is 27.5. The number of hydrogen-bond acceptors (Lipinski definition) is 3. The molecule has 0 heterocycles. The fourth-order valence-corrected chi connectivity index (χ4v) is 0.203. The Morgan fingerprint density at radius 3 is 2.00 bits per heavy atom. The van der Waals surface area contributed by atoms with E-state index in [1.165, 1.54) is 6.92 Å². The van der Waals surface area contributed by atoms with Crippen LogP contribution in [0.3, 0.4) is 0 Å². The van der Waals surface area contributed by atoms with Crippen molar-refractivity contribution in [3.05, 3.63) is 0 Å². The molecule has 0 aliphatic heterocycles. The van der Waals surface area contributed by atoms with Crippen LogP contribution in [0, 0.1) is 11.8 Å². The number of rotatable bonds is 1. The summed E-state index contributed by atoms with van der Waals surface area (Å²) in [5.41, 5.74) is 0. The third-order valence-electron chi connectivity index (χ3n) is 0.348. The molecule has 0 aromatic heterocycles. The van der Waals surface area contributed by atoms with E-state index in [2.05, 4.69) is 11.3 Å². The van der Waals surface area contributed by atoms with Gasteiger partial charge in [0, 0.05) is 33.0 Å². The first-order valence-corrected chi connectivity index (χ1v) is 2.16. The third kappa shape index (κ3) is 35.4. The van der Waals surface area contributed by atoms with Crippen LogP contribution in [0.1, 0.15) is 13.8 Å². The standard InChI is InChI=1S/C4H8O2.CHN.Zn/c1-3-6-4(2)5;1-2;/h3H2,1-2H3;1H;. The normalized spacial score (nSPS) is 5.33. The molecule has 0 spiro atoms. The van der Waals surface area contributed by atoms with E-state index in [1.54, 1.807) is 6.92 Å². The Balaban J connectivity index is -0.000000109. The molecule has 48 valence electrons. The largest absolute Gasteiger partial charge is 0.466 e. The third-order valence-corrected chi connectivity index (χ3v) is 0.348. The van der Waals surface area contributed by atoms with Gasteiger partial charge in [-0.05, 0) is 6.92 Å². The van der Waals surface area contributed by atoms with Crippen molar-refractivity contribution in [2.45, 2.75) is 13.8 Å². The van der Waals surface area contributed by atoms with Crippen LogP contribution in [-0.2, 0) is 29.0 Å². The van der Waals surface area contributed by atoms with Gasteiger partial charge in [-0.1, -0.05) is 0 Å². The minimum Gasteiger partial charge on any atom is -0.466 e. The maximum absolute atomic E-state index is 9.82. The number of carbonyl (C=O) groups excluding carboxylic acids is 1. The van der Waals surface area contributed by atoms with Crippen molar-refractivity contribution in [2.24, 2.45) is 0 Å². The van der Waals surface area contributed by atoms with Crippen LogP contribution in [0.25, 0.3) is 0 Å². The van der Waals surface area contributed by atoms with Gasteiger partial charge in [-0.25, -0.2) is 5.26 Å². The minimum atomic E-state index is -0.211. The average Bonchev–Trinajstić information content (AvgIpc) is 1.72. The first-order valence-electron chi connectivity index (χ1n) is 2.16. The van der Waals surface area contributed by atoms with Gasteiger partial charge in [0.05, 0.1) is 6.61 Å². The molecular formula is C5H9NO2Zn. The molecule has 9 heavy (non-hydrogen) atoms. The van der Waals surface area contributed by atoms with E-state index in [0.29, 0.717) is 6.61 Å². The van der Waals surface area contributed by atoms with Crippen LogP contribution in [0.15, 0.2) is 0 Å². The molecule has 0 aromatic carbocycles. The van der Waals surface area contributed by atoms with Crippen molar-refractivity contribution >= 4 is 5.97 Å². The van der Waals surface area contributed by atoms with Gasteiger partial charge in [0.25, 0.3) is 0 Å². The van der Waals surface area contributed by atoms with Crippen LogP contribution >= 0.6 is 0 Å². The molecular weight excluding hydrogens is 171 g/mol. The molecule has 0 atom stereocenters. The minimum absolute atomic E-state index is 0. The number of nitrogens with zero attached hydrogens (tertiary/aromatic N) is 1. The number of nitriles is 1. The smallest absolute Gasteiger partial charge is 0.302 e. The van der Waals surface area contributed by atoms with Crippen LogP contribution in [0.4, 0.5) is 0 Å². The van der Waals surface area contributed by atoms with Gasteiger partial charge in [-0.15, -0.1) is 0 Å². The predicted molar refractivity (Wildman–Crippen MR) is 29.0 cm³/mol. The number of esters is 1. The van der Waals surface area contributed by atoms with E-state index in [9.17, 15) is 4.79 Å². The van der Waals surface area contributed by atoms with Crippen LogP contribution in [0.5, 0.6) is 0 Å². The van der Waals surface area contributed by atoms with Gasteiger partial charge in [-0.3, -0.25) is 4.79 Å². The van der Waals surface area contributed by atoms with Gasteiger partial charge >= 0.3 is 5.97 Å². The summed E-state index contributed by atoms with van der Waals surface area (Å²) < 4.78 is 4.40. The van der Waals surface area contributed by atoms with Gasteiger partial charge in [0.2, 0.25) is 0 Å². The monoisotopic (exact) mass is 179 g/mol. The molecule has 0 fully saturated rings. The van der Waals surface area contributed by atoms with E-state index in [-0.39, 0.29) is 25.4 Å².